The highest BCUT2D eigenvalue weighted by Crippen LogP contribution is 2.07. The summed E-state index contributed by atoms with van der Waals surface area (Å²) in [4.78, 5) is 11.1. The third-order valence-electron chi connectivity index (χ3n) is 2.09. The fourth-order valence-corrected chi connectivity index (χ4v) is 1.15. The Morgan fingerprint density at radius 3 is 2.38 bits per heavy atom. The van der Waals surface area contributed by atoms with Crippen LogP contribution in [0.3, 0.4) is 0 Å². The molecule has 0 aromatic heterocycles. The Kier molecular flexibility index (Phi) is 7.60. The first kappa shape index (κ1) is 12.4. The van der Waals surface area contributed by atoms with Gasteiger partial charge in [0.25, 0.3) is 0 Å². The van der Waals surface area contributed by atoms with E-state index in [2.05, 4.69) is 13.5 Å². The number of ketones is 1. The first-order chi connectivity index (χ1) is 6.22. The lowest BCUT2D eigenvalue weighted by Crippen LogP contribution is -2.04. The number of aliphatic hydroxyl groups excluding tert-OH is 1. The largest absolute Gasteiger partial charge is 0.392 e. The zero-order chi connectivity index (χ0) is 10.1. The van der Waals surface area contributed by atoms with Crippen molar-refractivity contribution in [2.75, 3.05) is 6.61 Å². The van der Waals surface area contributed by atoms with Crippen molar-refractivity contribution in [2.24, 2.45) is 0 Å². The van der Waals surface area contributed by atoms with E-state index in [0.717, 1.165) is 12.8 Å². The third kappa shape index (κ3) is 6.52. The topological polar surface area (TPSA) is 37.3 Å². The molecular weight excluding hydrogens is 164 g/mol. The predicted molar refractivity (Wildman–Crippen MR) is 54.6 cm³/mol. The lowest BCUT2D eigenvalue weighted by molar-refractivity contribution is -0.116. The zero-order valence-electron chi connectivity index (χ0n) is 8.51. The van der Waals surface area contributed by atoms with E-state index in [-0.39, 0.29) is 12.4 Å². The van der Waals surface area contributed by atoms with Gasteiger partial charge < -0.3 is 5.11 Å². The van der Waals surface area contributed by atoms with Crippen molar-refractivity contribution < 1.29 is 9.90 Å². The molecule has 0 fully saturated rings. The van der Waals surface area contributed by atoms with Crippen molar-refractivity contribution in [1.29, 1.82) is 0 Å². The molecule has 0 spiro atoms. The molecule has 0 amide bonds. The number of Topliss-reactive ketones (excluding diaryl/α,β-unsaturated/α-hetero) is 1. The number of hydrogen-bond donors (Lipinski definition) is 1. The van der Waals surface area contributed by atoms with E-state index in [1.807, 2.05) is 0 Å². The molecule has 0 aliphatic carbocycles. The Bertz CT molecular complexity index is 161. The summed E-state index contributed by atoms with van der Waals surface area (Å²) in [6, 6.07) is 0. The molecular formula is C11H20O2. The highest BCUT2D eigenvalue weighted by molar-refractivity contribution is 5.94. The van der Waals surface area contributed by atoms with Gasteiger partial charge in [-0.05, 0) is 6.42 Å². The lowest BCUT2D eigenvalue weighted by atomic mass is 10.1. The molecule has 0 heterocycles. The maximum absolute atomic E-state index is 11.1. The van der Waals surface area contributed by atoms with Gasteiger partial charge in [0.2, 0.25) is 0 Å². The molecule has 0 saturated heterocycles. The van der Waals surface area contributed by atoms with Crippen LogP contribution in [0.15, 0.2) is 12.2 Å². The van der Waals surface area contributed by atoms with Gasteiger partial charge in [0.1, 0.15) is 0 Å². The zero-order valence-corrected chi connectivity index (χ0v) is 8.51. The van der Waals surface area contributed by atoms with E-state index in [1.165, 1.54) is 19.3 Å². The van der Waals surface area contributed by atoms with Crippen LogP contribution >= 0.6 is 0 Å². The molecule has 0 bridgehead atoms. The quantitative estimate of drug-likeness (QED) is 0.465. The summed E-state index contributed by atoms with van der Waals surface area (Å²) in [5.41, 5.74) is 0.343. The predicted octanol–water partition coefficient (Wildman–Crippen LogP) is 2.46. The van der Waals surface area contributed by atoms with Crippen LogP contribution in [0.2, 0.25) is 0 Å². The van der Waals surface area contributed by atoms with E-state index < -0.39 is 0 Å². The van der Waals surface area contributed by atoms with Crippen LogP contribution in [0.25, 0.3) is 0 Å². The first-order valence-corrected chi connectivity index (χ1v) is 5.04. The molecule has 0 rings (SSSR count). The maximum Gasteiger partial charge on any atom is 0.160 e. The maximum atomic E-state index is 11.1. The van der Waals surface area contributed by atoms with Crippen molar-refractivity contribution in [3.63, 3.8) is 0 Å². The van der Waals surface area contributed by atoms with Gasteiger partial charge in [0.05, 0.1) is 6.61 Å². The summed E-state index contributed by atoms with van der Waals surface area (Å²) in [6.07, 6.45) is 6.25. The molecule has 2 heteroatoms. The molecule has 0 aliphatic rings. The normalized spacial score (nSPS) is 10.0. The SMILES string of the molecule is C=C(CO)C(=O)CCCCCCC. The average Bonchev–Trinajstić information content (AvgIpc) is 2.16. The fourth-order valence-electron chi connectivity index (χ4n) is 1.15. The van der Waals surface area contributed by atoms with Crippen LogP contribution in [0.4, 0.5) is 0 Å². The monoisotopic (exact) mass is 184 g/mol. The summed E-state index contributed by atoms with van der Waals surface area (Å²) < 4.78 is 0. The summed E-state index contributed by atoms with van der Waals surface area (Å²) in [7, 11) is 0. The number of unbranched alkanes of at least 4 members (excludes halogenated alkanes) is 4. The van der Waals surface area contributed by atoms with Gasteiger partial charge in [-0.3, -0.25) is 4.79 Å². The number of rotatable bonds is 8. The second-order valence-electron chi connectivity index (χ2n) is 3.35. The molecule has 13 heavy (non-hydrogen) atoms. The molecule has 1 N–H and O–H groups in total. The second-order valence-corrected chi connectivity index (χ2v) is 3.35. The van der Waals surface area contributed by atoms with Gasteiger partial charge in [0, 0.05) is 12.0 Å². The summed E-state index contributed by atoms with van der Waals surface area (Å²) in [5, 5.41) is 8.63. The van der Waals surface area contributed by atoms with E-state index in [9.17, 15) is 4.79 Å². The van der Waals surface area contributed by atoms with Crippen molar-refractivity contribution in [3.05, 3.63) is 12.2 Å². The molecule has 0 aromatic rings. The molecule has 0 unspecified atom stereocenters. The highest BCUT2D eigenvalue weighted by Gasteiger charge is 2.04. The minimum Gasteiger partial charge on any atom is -0.392 e. The smallest absolute Gasteiger partial charge is 0.160 e. The Labute approximate surface area is 80.7 Å². The molecule has 0 atom stereocenters. The number of carbonyl (C=O) groups excluding carboxylic acids is 1. The van der Waals surface area contributed by atoms with Crippen molar-refractivity contribution >= 4 is 5.78 Å². The average molecular weight is 184 g/mol. The van der Waals surface area contributed by atoms with E-state index in [4.69, 9.17) is 5.11 Å². The molecule has 76 valence electrons. The van der Waals surface area contributed by atoms with Crippen LogP contribution in [0.5, 0.6) is 0 Å². The van der Waals surface area contributed by atoms with Crippen LogP contribution in [-0.4, -0.2) is 17.5 Å². The fraction of sp³-hybridized carbons (Fsp3) is 0.727. The molecule has 0 aromatic carbocycles. The number of aliphatic hydroxyl groups is 1. The van der Waals surface area contributed by atoms with E-state index in [1.54, 1.807) is 0 Å². The number of hydrogen-bond acceptors (Lipinski definition) is 2. The van der Waals surface area contributed by atoms with Gasteiger partial charge >= 0.3 is 0 Å². The lowest BCUT2D eigenvalue weighted by Gasteiger charge is -2.01. The minimum absolute atomic E-state index is 0.0130. The minimum atomic E-state index is -0.201. The summed E-state index contributed by atoms with van der Waals surface area (Å²) in [6.45, 7) is 5.45. The Morgan fingerprint density at radius 2 is 1.85 bits per heavy atom. The Balaban J connectivity index is 3.32. The van der Waals surface area contributed by atoms with Gasteiger partial charge in [-0.15, -0.1) is 0 Å². The Hall–Kier alpha value is -0.630. The van der Waals surface area contributed by atoms with Crippen LogP contribution in [0, 0.1) is 0 Å². The highest BCUT2D eigenvalue weighted by atomic mass is 16.3. The van der Waals surface area contributed by atoms with E-state index >= 15 is 0 Å². The Morgan fingerprint density at radius 1 is 1.23 bits per heavy atom. The van der Waals surface area contributed by atoms with Crippen molar-refractivity contribution in [2.45, 2.75) is 45.4 Å². The van der Waals surface area contributed by atoms with Gasteiger partial charge in [-0.25, -0.2) is 0 Å². The van der Waals surface area contributed by atoms with Crippen LogP contribution in [-0.2, 0) is 4.79 Å². The van der Waals surface area contributed by atoms with Crippen molar-refractivity contribution in [1.82, 2.24) is 0 Å². The summed E-state index contributed by atoms with van der Waals surface area (Å²) in [5.74, 6) is 0.0130. The molecule has 0 saturated carbocycles. The van der Waals surface area contributed by atoms with E-state index in [0.29, 0.717) is 12.0 Å². The first-order valence-electron chi connectivity index (χ1n) is 5.04. The summed E-state index contributed by atoms with van der Waals surface area (Å²) >= 11 is 0. The van der Waals surface area contributed by atoms with Crippen LogP contribution in [0.1, 0.15) is 45.4 Å². The molecule has 0 aliphatic heterocycles. The molecule has 2 nitrogen and oxygen atoms in total. The van der Waals surface area contributed by atoms with Gasteiger partial charge in [-0.1, -0.05) is 39.2 Å². The third-order valence-corrected chi connectivity index (χ3v) is 2.09. The van der Waals surface area contributed by atoms with Crippen LogP contribution < -0.4 is 0 Å². The van der Waals surface area contributed by atoms with Crippen molar-refractivity contribution in [3.8, 4) is 0 Å². The molecule has 0 radical (unpaired) electrons. The number of carbonyl (C=O) groups is 1. The van der Waals surface area contributed by atoms with Gasteiger partial charge in [0.15, 0.2) is 5.78 Å². The van der Waals surface area contributed by atoms with Gasteiger partial charge in [-0.2, -0.15) is 0 Å². The standard InChI is InChI=1S/C11H20O2/c1-3-4-5-6-7-8-11(13)10(2)9-12/h12H,2-9H2,1H3. The second kappa shape index (κ2) is 7.99.